The average Bonchev–Trinajstić information content (AvgIpc) is 3.06. The number of hydrogen-bond donors (Lipinski definition) is 2. The largest absolute Gasteiger partial charge is 0.395 e. The molecule has 3 rings (SSSR count). The minimum atomic E-state index is -0.444. The van der Waals surface area contributed by atoms with Gasteiger partial charge in [0.25, 0.3) is 5.91 Å². The molecule has 0 saturated heterocycles. The van der Waals surface area contributed by atoms with Crippen molar-refractivity contribution in [2.24, 2.45) is 0 Å². The number of aliphatic hydroxyl groups excluding tert-OH is 1. The van der Waals surface area contributed by atoms with Gasteiger partial charge in [0.1, 0.15) is 0 Å². The molecule has 0 aliphatic carbocycles. The number of hydrogen-bond acceptors (Lipinski definition) is 4. The van der Waals surface area contributed by atoms with Crippen LogP contribution in [0.15, 0.2) is 53.0 Å². The van der Waals surface area contributed by atoms with Crippen molar-refractivity contribution in [2.75, 3.05) is 13.2 Å². The van der Waals surface area contributed by atoms with Crippen LogP contribution in [0.25, 0.3) is 17.1 Å². The predicted octanol–water partition coefficient (Wildman–Crippen LogP) is 3.07. The van der Waals surface area contributed by atoms with E-state index in [-0.39, 0.29) is 19.0 Å². The van der Waals surface area contributed by atoms with Crippen molar-refractivity contribution in [1.29, 1.82) is 0 Å². The highest BCUT2D eigenvalue weighted by atomic mass is 79.9. The summed E-state index contributed by atoms with van der Waals surface area (Å²) in [6.45, 7) is -0.00879. The molecule has 0 aliphatic heterocycles. The average molecular weight is 422 g/mol. The summed E-state index contributed by atoms with van der Waals surface area (Å²) < 4.78 is 2.53. The van der Waals surface area contributed by atoms with Gasteiger partial charge in [0.05, 0.1) is 12.3 Å². The quantitative estimate of drug-likeness (QED) is 0.663. The van der Waals surface area contributed by atoms with E-state index in [0.717, 1.165) is 15.7 Å². The second-order valence-electron chi connectivity index (χ2n) is 5.13. The maximum absolute atomic E-state index is 12.2. The molecule has 0 bridgehead atoms. The first-order chi connectivity index (χ1) is 12.1. The Morgan fingerprint density at radius 2 is 1.84 bits per heavy atom. The van der Waals surface area contributed by atoms with E-state index in [2.05, 4.69) is 31.3 Å². The third-order valence-corrected chi connectivity index (χ3v) is 4.16. The molecule has 6 nitrogen and oxygen atoms in total. The van der Waals surface area contributed by atoms with Gasteiger partial charge in [0.2, 0.25) is 5.82 Å². The molecule has 8 heteroatoms. The lowest BCUT2D eigenvalue weighted by Gasteiger charge is -2.06. The van der Waals surface area contributed by atoms with Crippen LogP contribution >= 0.6 is 27.5 Å². The summed E-state index contributed by atoms with van der Waals surface area (Å²) in [4.78, 5) is 16.5. The van der Waals surface area contributed by atoms with Gasteiger partial charge in [0.15, 0.2) is 5.82 Å². The SMILES string of the molecule is O=C(NCCO)c1nc(-c2ccc(Br)cc2)n(-c2ccc(Cl)cc2)n1. The predicted molar refractivity (Wildman–Crippen MR) is 98.9 cm³/mol. The topological polar surface area (TPSA) is 80.0 Å². The van der Waals surface area contributed by atoms with Crippen molar-refractivity contribution in [3.05, 3.63) is 63.9 Å². The smallest absolute Gasteiger partial charge is 0.291 e. The molecule has 25 heavy (non-hydrogen) atoms. The zero-order chi connectivity index (χ0) is 17.8. The first-order valence-electron chi connectivity index (χ1n) is 7.46. The molecule has 2 N–H and O–H groups in total. The molecule has 0 aliphatic rings. The highest BCUT2D eigenvalue weighted by Crippen LogP contribution is 2.24. The van der Waals surface area contributed by atoms with Crippen molar-refractivity contribution in [1.82, 2.24) is 20.1 Å². The molecule has 3 aromatic rings. The van der Waals surface area contributed by atoms with Crippen molar-refractivity contribution in [3.63, 3.8) is 0 Å². The summed E-state index contributed by atoms with van der Waals surface area (Å²) in [5, 5.41) is 16.3. The molecule has 1 aromatic heterocycles. The van der Waals surface area contributed by atoms with Gasteiger partial charge in [-0.15, -0.1) is 5.10 Å². The van der Waals surface area contributed by atoms with Crippen LogP contribution in [-0.2, 0) is 0 Å². The molecule has 0 atom stereocenters. The van der Waals surface area contributed by atoms with Gasteiger partial charge in [-0.2, -0.15) is 0 Å². The van der Waals surface area contributed by atoms with Crippen LogP contribution in [0, 0.1) is 0 Å². The first kappa shape index (κ1) is 17.6. The van der Waals surface area contributed by atoms with E-state index < -0.39 is 5.91 Å². The van der Waals surface area contributed by atoms with Crippen molar-refractivity contribution >= 4 is 33.4 Å². The van der Waals surface area contributed by atoms with E-state index >= 15 is 0 Å². The molecule has 1 amide bonds. The molecule has 2 aromatic carbocycles. The highest BCUT2D eigenvalue weighted by molar-refractivity contribution is 9.10. The number of aliphatic hydroxyl groups is 1. The number of benzene rings is 2. The van der Waals surface area contributed by atoms with E-state index in [9.17, 15) is 4.79 Å². The van der Waals surface area contributed by atoms with E-state index in [1.54, 1.807) is 28.9 Å². The van der Waals surface area contributed by atoms with E-state index in [1.807, 2.05) is 24.3 Å². The van der Waals surface area contributed by atoms with Gasteiger partial charge in [-0.05, 0) is 36.4 Å². The number of nitrogens with zero attached hydrogens (tertiary/aromatic N) is 3. The number of carbonyl (C=O) groups is 1. The van der Waals surface area contributed by atoms with Gasteiger partial charge in [0, 0.05) is 21.6 Å². The lowest BCUT2D eigenvalue weighted by molar-refractivity contribution is 0.0934. The maximum Gasteiger partial charge on any atom is 0.291 e. The van der Waals surface area contributed by atoms with E-state index in [0.29, 0.717) is 10.8 Å². The molecule has 128 valence electrons. The molecule has 0 saturated carbocycles. The number of rotatable bonds is 5. The summed E-state index contributed by atoms with van der Waals surface area (Å²) in [7, 11) is 0. The van der Waals surface area contributed by atoms with Gasteiger partial charge in [-0.3, -0.25) is 4.79 Å². The minimum Gasteiger partial charge on any atom is -0.395 e. The molecule has 0 unspecified atom stereocenters. The maximum atomic E-state index is 12.2. The normalized spacial score (nSPS) is 10.7. The number of halogens is 2. The Labute approximate surface area is 157 Å². The van der Waals surface area contributed by atoms with Crippen LogP contribution in [0.5, 0.6) is 0 Å². The third kappa shape index (κ3) is 4.07. The number of aromatic nitrogens is 3. The Morgan fingerprint density at radius 3 is 2.48 bits per heavy atom. The van der Waals surface area contributed by atoms with Crippen LogP contribution in [0.2, 0.25) is 5.02 Å². The summed E-state index contributed by atoms with van der Waals surface area (Å²) in [5.41, 5.74) is 1.54. The van der Waals surface area contributed by atoms with E-state index in [1.165, 1.54) is 0 Å². The van der Waals surface area contributed by atoms with Crippen LogP contribution in [0.1, 0.15) is 10.6 Å². The second kappa shape index (κ2) is 7.77. The first-order valence-corrected chi connectivity index (χ1v) is 8.63. The monoisotopic (exact) mass is 420 g/mol. The van der Waals surface area contributed by atoms with Gasteiger partial charge in [-0.1, -0.05) is 39.7 Å². The fraction of sp³-hybridized carbons (Fsp3) is 0.118. The Bertz CT molecular complexity index is 816. The van der Waals surface area contributed by atoms with Gasteiger partial charge < -0.3 is 10.4 Å². The lowest BCUT2D eigenvalue weighted by atomic mass is 10.2. The zero-order valence-corrected chi connectivity index (χ0v) is 15.3. The number of carbonyl (C=O) groups excluding carboxylic acids is 1. The molecular weight excluding hydrogens is 408 g/mol. The number of nitrogens with one attached hydrogen (secondary N) is 1. The molecule has 1 heterocycles. The Balaban J connectivity index is 2.07. The fourth-order valence-corrected chi connectivity index (χ4v) is 2.60. The summed E-state index contributed by atoms with van der Waals surface area (Å²) in [6, 6.07) is 14.6. The summed E-state index contributed by atoms with van der Waals surface area (Å²) in [5.74, 6) is 0.116. The van der Waals surface area contributed by atoms with E-state index in [4.69, 9.17) is 16.7 Å². The van der Waals surface area contributed by atoms with Gasteiger partial charge >= 0.3 is 0 Å². The molecule has 0 spiro atoms. The Kier molecular flexibility index (Phi) is 5.47. The summed E-state index contributed by atoms with van der Waals surface area (Å²) in [6.07, 6.45) is 0. The fourth-order valence-electron chi connectivity index (χ4n) is 2.20. The summed E-state index contributed by atoms with van der Waals surface area (Å²) >= 11 is 9.35. The minimum absolute atomic E-state index is 0.0290. The highest BCUT2D eigenvalue weighted by Gasteiger charge is 2.18. The lowest BCUT2D eigenvalue weighted by Crippen LogP contribution is -2.27. The van der Waals surface area contributed by atoms with Crippen LogP contribution in [-0.4, -0.2) is 38.9 Å². The molecular formula is C17H14BrClN4O2. The second-order valence-corrected chi connectivity index (χ2v) is 6.49. The van der Waals surface area contributed by atoms with Crippen molar-refractivity contribution in [2.45, 2.75) is 0 Å². The van der Waals surface area contributed by atoms with Crippen molar-refractivity contribution < 1.29 is 9.90 Å². The molecule has 0 radical (unpaired) electrons. The van der Waals surface area contributed by atoms with Crippen LogP contribution < -0.4 is 5.32 Å². The van der Waals surface area contributed by atoms with Crippen molar-refractivity contribution in [3.8, 4) is 17.1 Å². The zero-order valence-electron chi connectivity index (χ0n) is 13.0. The third-order valence-electron chi connectivity index (χ3n) is 3.38. The van der Waals surface area contributed by atoms with Crippen LogP contribution in [0.4, 0.5) is 0 Å². The number of amides is 1. The Morgan fingerprint density at radius 1 is 1.16 bits per heavy atom. The molecule has 0 fully saturated rings. The van der Waals surface area contributed by atoms with Crippen LogP contribution in [0.3, 0.4) is 0 Å². The standard InChI is InChI=1S/C17H14BrClN4O2/c18-12-3-1-11(2-4-12)16-21-15(17(25)20-9-10-24)22-23(16)14-7-5-13(19)6-8-14/h1-8,24H,9-10H2,(H,20,25). The Hall–Kier alpha value is -2.22. The van der Waals surface area contributed by atoms with Gasteiger partial charge in [-0.25, -0.2) is 9.67 Å².